The normalized spacial score (nSPS) is 18.3. The number of rotatable bonds is 5. The predicted octanol–water partition coefficient (Wildman–Crippen LogP) is 2.31. The van der Waals surface area contributed by atoms with Gasteiger partial charge in [0, 0.05) is 32.2 Å². The van der Waals surface area contributed by atoms with Gasteiger partial charge in [-0.05, 0) is 31.9 Å². The van der Waals surface area contributed by atoms with Gasteiger partial charge in [0.25, 0.3) is 11.6 Å². The van der Waals surface area contributed by atoms with E-state index in [0.717, 1.165) is 17.0 Å². The van der Waals surface area contributed by atoms with Gasteiger partial charge in [-0.2, -0.15) is 13.2 Å². The summed E-state index contributed by atoms with van der Waals surface area (Å²) in [4.78, 5) is 49.2. The Morgan fingerprint density at radius 3 is 2.44 bits per heavy atom. The van der Waals surface area contributed by atoms with Crippen molar-refractivity contribution in [3.8, 4) is 0 Å². The molecular weight excluding hydrogens is 437 g/mol. The minimum Gasteiger partial charge on any atom is -0.452 e. The Labute approximate surface area is 180 Å². The summed E-state index contributed by atoms with van der Waals surface area (Å²) in [7, 11) is 0. The first-order valence-corrected chi connectivity index (χ1v) is 9.89. The number of nitro benzene ring substituents is 1. The van der Waals surface area contributed by atoms with Crippen LogP contribution in [0.2, 0.25) is 0 Å². The standard InChI is InChI=1S/C19H21F3N4O6/c1-11(16(27)25-9-6-23-18(25)29)32-17(28)12-4-7-24(8-5-12)14-3-2-13(19(20,21)22)10-15(14)26(30)31/h2-3,10-12H,4-9H2,1H3,(H,23,29). The molecule has 0 aliphatic carbocycles. The van der Waals surface area contributed by atoms with Crippen LogP contribution in [0.1, 0.15) is 25.3 Å². The van der Waals surface area contributed by atoms with E-state index in [1.165, 1.54) is 6.92 Å². The maximum Gasteiger partial charge on any atom is 0.416 e. The highest BCUT2D eigenvalue weighted by Gasteiger charge is 2.36. The Kier molecular flexibility index (Phi) is 6.55. The Balaban J connectivity index is 1.61. The number of benzene rings is 1. The van der Waals surface area contributed by atoms with Crippen LogP contribution in [0.4, 0.5) is 29.3 Å². The number of nitro groups is 1. The van der Waals surface area contributed by atoms with Crippen LogP contribution in [0.15, 0.2) is 18.2 Å². The molecule has 2 aliphatic rings. The quantitative estimate of drug-likeness (QED) is 0.408. The molecule has 1 aromatic rings. The molecular formula is C19H21F3N4O6. The van der Waals surface area contributed by atoms with Gasteiger partial charge in [0.1, 0.15) is 5.69 Å². The van der Waals surface area contributed by atoms with Gasteiger partial charge in [-0.25, -0.2) is 4.79 Å². The van der Waals surface area contributed by atoms with Crippen molar-refractivity contribution in [2.45, 2.75) is 32.0 Å². The number of nitrogens with one attached hydrogen (secondary N) is 1. The van der Waals surface area contributed by atoms with Crippen LogP contribution in [-0.2, 0) is 20.5 Å². The first-order valence-electron chi connectivity index (χ1n) is 9.89. The van der Waals surface area contributed by atoms with Crippen molar-refractivity contribution in [1.29, 1.82) is 0 Å². The molecule has 10 nitrogen and oxygen atoms in total. The predicted molar refractivity (Wildman–Crippen MR) is 104 cm³/mol. The maximum absolute atomic E-state index is 12.9. The van der Waals surface area contributed by atoms with E-state index in [2.05, 4.69) is 5.32 Å². The molecule has 3 rings (SSSR count). The van der Waals surface area contributed by atoms with E-state index in [-0.39, 0.29) is 38.2 Å². The van der Waals surface area contributed by atoms with Crippen LogP contribution in [0.25, 0.3) is 0 Å². The molecule has 0 radical (unpaired) electrons. The summed E-state index contributed by atoms with van der Waals surface area (Å²) < 4.78 is 43.9. The number of urea groups is 1. The van der Waals surface area contributed by atoms with E-state index in [0.29, 0.717) is 12.6 Å². The molecule has 32 heavy (non-hydrogen) atoms. The van der Waals surface area contributed by atoms with Crippen molar-refractivity contribution >= 4 is 29.3 Å². The number of carbonyl (C=O) groups is 3. The highest BCUT2D eigenvalue weighted by Crippen LogP contribution is 2.37. The number of hydrogen-bond acceptors (Lipinski definition) is 7. The van der Waals surface area contributed by atoms with Crippen molar-refractivity contribution < 1.29 is 37.2 Å². The average Bonchev–Trinajstić information content (AvgIpc) is 3.17. The van der Waals surface area contributed by atoms with Gasteiger partial charge in [-0.1, -0.05) is 0 Å². The lowest BCUT2D eigenvalue weighted by atomic mass is 9.96. The molecule has 0 spiro atoms. The minimum absolute atomic E-state index is 0.0402. The number of ether oxygens (including phenoxy) is 1. The topological polar surface area (TPSA) is 122 Å². The first kappa shape index (κ1) is 23.3. The zero-order chi connectivity index (χ0) is 23.6. The third-order valence-electron chi connectivity index (χ3n) is 5.43. The zero-order valence-corrected chi connectivity index (χ0v) is 17.1. The second-order valence-electron chi connectivity index (χ2n) is 7.52. The third-order valence-corrected chi connectivity index (χ3v) is 5.43. The number of esters is 1. The second kappa shape index (κ2) is 9.01. The molecule has 1 aromatic carbocycles. The van der Waals surface area contributed by atoms with Crippen LogP contribution < -0.4 is 10.2 Å². The Morgan fingerprint density at radius 2 is 1.91 bits per heavy atom. The van der Waals surface area contributed by atoms with Crippen molar-refractivity contribution in [2.75, 3.05) is 31.1 Å². The van der Waals surface area contributed by atoms with E-state index in [1.54, 1.807) is 4.90 Å². The number of anilines is 1. The average molecular weight is 458 g/mol. The number of nitrogens with zero attached hydrogens (tertiary/aromatic N) is 3. The van der Waals surface area contributed by atoms with Crippen LogP contribution in [-0.4, -0.2) is 60.0 Å². The number of piperidine rings is 1. The number of imide groups is 1. The monoisotopic (exact) mass is 458 g/mol. The van der Waals surface area contributed by atoms with E-state index in [4.69, 9.17) is 4.74 Å². The Bertz CT molecular complexity index is 930. The van der Waals surface area contributed by atoms with Crippen LogP contribution >= 0.6 is 0 Å². The SMILES string of the molecule is CC(OC(=O)C1CCN(c2ccc(C(F)(F)F)cc2[N+](=O)[O-])CC1)C(=O)N1CCNC1=O. The van der Waals surface area contributed by atoms with E-state index in [1.807, 2.05) is 0 Å². The lowest BCUT2D eigenvalue weighted by molar-refractivity contribution is -0.384. The van der Waals surface area contributed by atoms with E-state index >= 15 is 0 Å². The summed E-state index contributed by atoms with van der Waals surface area (Å²) >= 11 is 0. The summed E-state index contributed by atoms with van der Waals surface area (Å²) in [5.74, 6) is -1.85. The van der Waals surface area contributed by atoms with Gasteiger partial charge in [0.2, 0.25) is 0 Å². The summed E-state index contributed by atoms with van der Waals surface area (Å²) in [6.07, 6.45) is -5.38. The molecule has 13 heteroatoms. The lowest BCUT2D eigenvalue weighted by Gasteiger charge is -2.32. The Morgan fingerprint density at radius 1 is 1.25 bits per heavy atom. The summed E-state index contributed by atoms with van der Waals surface area (Å²) in [6, 6.07) is 1.79. The fourth-order valence-corrected chi connectivity index (χ4v) is 3.69. The molecule has 2 saturated heterocycles. The fourth-order valence-electron chi connectivity index (χ4n) is 3.69. The number of carbonyl (C=O) groups excluding carboxylic acids is 3. The molecule has 1 N–H and O–H groups in total. The van der Waals surface area contributed by atoms with Gasteiger partial charge < -0.3 is 15.0 Å². The van der Waals surface area contributed by atoms with Gasteiger partial charge >= 0.3 is 18.2 Å². The molecule has 1 atom stereocenters. The van der Waals surface area contributed by atoms with Crippen molar-refractivity contribution in [3.05, 3.63) is 33.9 Å². The summed E-state index contributed by atoms with van der Waals surface area (Å²) in [5, 5.41) is 13.8. The zero-order valence-electron chi connectivity index (χ0n) is 17.1. The number of halogens is 3. The number of amides is 3. The minimum atomic E-state index is -4.70. The molecule has 0 bridgehead atoms. The van der Waals surface area contributed by atoms with Crippen LogP contribution in [0.5, 0.6) is 0 Å². The van der Waals surface area contributed by atoms with Crippen LogP contribution in [0.3, 0.4) is 0 Å². The van der Waals surface area contributed by atoms with E-state index in [9.17, 15) is 37.7 Å². The van der Waals surface area contributed by atoms with Gasteiger partial charge in [-0.15, -0.1) is 0 Å². The maximum atomic E-state index is 12.9. The molecule has 3 amide bonds. The van der Waals surface area contributed by atoms with E-state index < -0.39 is 52.3 Å². The molecule has 0 aromatic heterocycles. The molecule has 2 fully saturated rings. The van der Waals surface area contributed by atoms with Crippen molar-refractivity contribution in [3.63, 3.8) is 0 Å². The molecule has 2 aliphatic heterocycles. The second-order valence-corrected chi connectivity index (χ2v) is 7.52. The Hall–Kier alpha value is -3.38. The summed E-state index contributed by atoms with van der Waals surface area (Å²) in [5.41, 5.74) is -1.74. The number of alkyl halides is 3. The molecule has 174 valence electrons. The van der Waals surface area contributed by atoms with Crippen molar-refractivity contribution in [1.82, 2.24) is 10.2 Å². The number of hydrogen-bond donors (Lipinski definition) is 1. The first-order chi connectivity index (χ1) is 15.0. The smallest absolute Gasteiger partial charge is 0.416 e. The van der Waals surface area contributed by atoms with Crippen molar-refractivity contribution in [2.24, 2.45) is 5.92 Å². The van der Waals surface area contributed by atoms with Gasteiger partial charge in [-0.3, -0.25) is 24.6 Å². The molecule has 2 heterocycles. The highest BCUT2D eigenvalue weighted by molar-refractivity contribution is 5.98. The molecule has 0 saturated carbocycles. The van der Waals surface area contributed by atoms with Gasteiger partial charge in [0.05, 0.1) is 16.4 Å². The highest BCUT2D eigenvalue weighted by atomic mass is 19.4. The third kappa shape index (κ3) is 4.92. The van der Waals surface area contributed by atoms with Crippen LogP contribution in [0, 0.1) is 16.0 Å². The molecule has 1 unspecified atom stereocenters. The van der Waals surface area contributed by atoms with Gasteiger partial charge in [0.15, 0.2) is 6.10 Å². The lowest BCUT2D eigenvalue weighted by Crippen LogP contribution is -2.43. The summed E-state index contributed by atoms with van der Waals surface area (Å²) in [6.45, 7) is 2.24. The largest absolute Gasteiger partial charge is 0.452 e. The fraction of sp³-hybridized carbons (Fsp3) is 0.526.